The first kappa shape index (κ1) is 18.9. The number of anilines is 1. The minimum absolute atomic E-state index is 0.188. The zero-order valence-electron chi connectivity index (χ0n) is 16.2. The van der Waals surface area contributed by atoms with Crippen LogP contribution in [0.5, 0.6) is 0 Å². The molecule has 0 saturated heterocycles. The number of hydrogen-bond donors (Lipinski definition) is 2. The number of nitrogens with two attached hydrogens (primary N) is 1. The quantitative estimate of drug-likeness (QED) is 0.695. The van der Waals surface area contributed by atoms with Crippen LogP contribution in [-0.2, 0) is 12.1 Å². The predicted octanol–water partition coefficient (Wildman–Crippen LogP) is 3.04. The van der Waals surface area contributed by atoms with Gasteiger partial charge < -0.3 is 10.8 Å². The third-order valence-electron chi connectivity index (χ3n) is 4.71. The second-order valence-corrected chi connectivity index (χ2v) is 7.38. The van der Waals surface area contributed by atoms with Crippen molar-refractivity contribution in [1.82, 2.24) is 19.7 Å². The molecule has 0 aliphatic carbocycles. The minimum Gasteiger partial charge on any atom is -0.386 e. The van der Waals surface area contributed by atoms with Crippen molar-refractivity contribution in [1.29, 1.82) is 0 Å². The Morgan fingerprint density at radius 1 is 1.28 bits per heavy atom. The van der Waals surface area contributed by atoms with Crippen molar-refractivity contribution in [2.75, 3.05) is 5.73 Å². The Labute approximate surface area is 167 Å². The Hall–Kier alpha value is -3.39. The van der Waals surface area contributed by atoms with E-state index in [1.165, 1.54) is 12.3 Å². The van der Waals surface area contributed by atoms with Crippen LogP contribution in [0.4, 0.5) is 10.2 Å². The highest BCUT2D eigenvalue weighted by molar-refractivity contribution is 6.02. The van der Waals surface area contributed by atoms with Gasteiger partial charge in [-0.15, -0.1) is 0 Å². The number of rotatable bonds is 5. The zero-order valence-corrected chi connectivity index (χ0v) is 16.2. The number of hydrogen-bond acceptors (Lipinski definition) is 6. The molecule has 3 heterocycles. The van der Waals surface area contributed by atoms with Crippen LogP contribution in [0.2, 0.25) is 0 Å². The number of nitrogen functional groups attached to an aromatic ring is 1. The molecule has 0 amide bonds. The van der Waals surface area contributed by atoms with Crippen LogP contribution in [-0.4, -0.2) is 30.6 Å². The van der Waals surface area contributed by atoms with E-state index in [-0.39, 0.29) is 18.2 Å². The second kappa shape index (κ2) is 7.21. The number of aliphatic imine (C=N–C) groups is 1. The Kier molecular flexibility index (Phi) is 4.71. The zero-order chi connectivity index (χ0) is 20.6. The van der Waals surface area contributed by atoms with E-state index >= 15 is 0 Å². The van der Waals surface area contributed by atoms with Crippen LogP contribution >= 0.6 is 0 Å². The molecule has 0 fully saturated rings. The van der Waals surface area contributed by atoms with Crippen molar-refractivity contribution in [2.45, 2.75) is 32.4 Å². The Bertz CT molecular complexity index is 1130. The number of nitrogens with zero attached hydrogens (tertiary/aromatic N) is 5. The van der Waals surface area contributed by atoms with Crippen molar-refractivity contribution < 1.29 is 9.50 Å². The normalized spacial score (nSPS) is 13.7. The molecule has 1 aromatic carbocycles. The number of aromatic nitrogens is 4. The minimum atomic E-state index is -1.15. The van der Waals surface area contributed by atoms with Crippen molar-refractivity contribution in [3.8, 4) is 11.5 Å². The van der Waals surface area contributed by atoms with E-state index in [2.05, 4.69) is 20.1 Å². The first-order valence-electron chi connectivity index (χ1n) is 9.22. The maximum Gasteiger partial charge on any atom is 0.182 e. The van der Waals surface area contributed by atoms with Gasteiger partial charge in [0.25, 0.3) is 0 Å². The van der Waals surface area contributed by atoms with Crippen LogP contribution in [0.1, 0.15) is 37.1 Å². The Morgan fingerprint density at radius 3 is 2.72 bits per heavy atom. The number of allylic oxidation sites excluding steroid dienone is 1. The summed E-state index contributed by atoms with van der Waals surface area (Å²) >= 11 is 0. The average molecular weight is 392 g/mol. The van der Waals surface area contributed by atoms with E-state index in [0.29, 0.717) is 29.1 Å². The first-order valence-corrected chi connectivity index (χ1v) is 9.22. The molecule has 29 heavy (non-hydrogen) atoms. The van der Waals surface area contributed by atoms with Crippen LogP contribution in [0.3, 0.4) is 0 Å². The lowest BCUT2D eigenvalue weighted by molar-refractivity contribution is 0.0787. The Balaban J connectivity index is 1.76. The highest BCUT2D eigenvalue weighted by atomic mass is 19.1. The molecule has 4 rings (SSSR count). The van der Waals surface area contributed by atoms with Crippen molar-refractivity contribution in [3.05, 3.63) is 71.4 Å². The molecule has 0 unspecified atom stereocenters. The fraction of sp³-hybridized carbons (Fsp3) is 0.238. The van der Waals surface area contributed by atoms with Gasteiger partial charge in [0, 0.05) is 29.9 Å². The predicted molar refractivity (Wildman–Crippen MR) is 109 cm³/mol. The van der Waals surface area contributed by atoms with Gasteiger partial charge in [-0.1, -0.05) is 24.3 Å². The molecule has 1 aliphatic rings. The summed E-state index contributed by atoms with van der Waals surface area (Å²) in [6.07, 6.45) is 5.86. The van der Waals surface area contributed by atoms with E-state index in [9.17, 15) is 9.50 Å². The average Bonchev–Trinajstić information content (AvgIpc) is 3.32. The van der Waals surface area contributed by atoms with E-state index in [1.807, 2.05) is 12.1 Å². The molecule has 0 atom stereocenters. The smallest absolute Gasteiger partial charge is 0.182 e. The van der Waals surface area contributed by atoms with Crippen LogP contribution < -0.4 is 5.73 Å². The molecule has 0 spiro atoms. The summed E-state index contributed by atoms with van der Waals surface area (Å²) in [7, 11) is 0. The maximum absolute atomic E-state index is 14.2. The van der Waals surface area contributed by atoms with Gasteiger partial charge in [0.1, 0.15) is 17.3 Å². The maximum atomic E-state index is 14.2. The summed E-state index contributed by atoms with van der Waals surface area (Å²) in [5.74, 6) is 0.222. The fourth-order valence-corrected chi connectivity index (χ4v) is 3.19. The summed E-state index contributed by atoms with van der Waals surface area (Å²) in [4.78, 5) is 13.0. The first-order chi connectivity index (χ1) is 13.8. The van der Waals surface area contributed by atoms with Gasteiger partial charge in [0.2, 0.25) is 0 Å². The monoisotopic (exact) mass is 392 g/mol. The number of halogens is 1. The topological polar surface area (TPSA) is 102 Å². The van der Waals surface area contributed by atoms with Crippen molar-refractivity contribution >= 4 is 11.5 Å². The molecule has 7 nitrogen and oxygen atoms in total. The highest BCUT2D eigenvalue weighted by Crippen LogP contribution is 2.26. The lowest BCUT2D eigenvalue weighted by Gasteiger charge is -2.18. The van der Waals surface area contributed by atoms with Crippen LogP contribution in [0.25, 0.3) is 11.5 Å². The summed E-state index contributed by atoms with van der Waals surface area (Å²) < 4.78 is 15.9. The molecule has 148 valence electrons. The van der Waals surface area contributed by atoms with Gasteiger partial charge in [-0.05, 0) is 26.0 Å². The SMILES string of the molecule is CC(C)(O)c1cnc(-c2cc(C3=NC=CC3)n(Cc3ccccc3F)n2)nc1N. The molecule has 3 N–H and O–H groups in total. The van der Waals surface area contributed by atoms with E-state index in [4.69, 9.17) is 5.73 Å². The molecule has 0 radical (unpaired) electrons. The molecule has 0 bridgehead atoms. The lowest BCUT2D eigenvalue weighted by Crippen LogP contribution is -2.19. The van der Waals surface area contributed by atoms with Gasteiger partial charge in [-0.2, -0.15) is 5.10 Å². The van der Waals surface area contributed by atoms with Gasteiger partial charge in [0.05, 0.1) is 23.6 Å². The Morgan fingerprint density at radius 2 is 2.07 bits per heavy atom. The third kappa shape index (κ3) is 3.79. The summed E-state index contributed by atoms with van der Waals surface area (Å²) in [5.41, 5.74) is 7.94. The molecule has 1 aliphatic heterocycles. The highest BCUT2D eigenvalue weighted by Gasteiger charge is 2.23. The fourth-order valence-electron chi connectivity index (χ4n) is 3.19. The van der Waals surface area contributed by atoms with Crippen molar-refractivity contribution in [2.24, 2.45) is 4.99 Å². The molecule has 0 saturated carbocycles. The van der Waals surface area contributed by atoms with Gasteiger partial charge in [0.15, 0.2) is 5.82 Å². The van der Waals surface area contributed by atoms with Crippen molar-refractivity contribution in [3.63, 3.8) is 0 Å². The summed E-state index contributed by atoms with van der Waals surface area (Å²) in [6, 6.07) is 8.41. The van der Waals surface area contributed by atoms with Gasteiger partial charge in [-0.3, -0.25) is 9.67 Å². The molecular formula is C21H21FN6O. The second-order valence-electron chi connectivity index (χ2n) is 7.38. The molecule has 2 aromatic heterocycles. The van der Waals surface area contributed by atoms with E-state index in [0.717, 1.165) is 11.4 Å². The molecule has 3 aromatic rings. The largest absolute Gasteiger partial charge is 0.386 e. The van der Waals surface area contributed by atoms with Gasteiger partial charge >= 0.3 is 0 Å². The number of benzene rings is 1. The summed E-state index contributed by atoms with van der Waals surface area (Å²) in [6.45, 7) is 3.49. The third-order valence-corrected chi connectivity index (χ3v) is 4.71. The van der Waals surface area contributed by atoms with Gasteiger partial charge in [-0.25, -0.2) is 14.4 Å². The molecular weight excluding hydrogens is 371 g/mol. The van der Waals surface area contributed by atoms with Crippen LogP contribution in [0, 0.1) is 5.82 Å². The number of aliphatic hydroxyl groups is 1. The standard InChI is InChI=1S/C21H21FN6O/c1-21(2,29)14-11-25-20(26-19(14)23)17-10-18(16-8-5-9-24-16)28(27-17)12-13-6-3-4-7-15(13)22/h3-7,9-11,29H,8,12H2,1-2H3,(H2,23,25,26). The lowest BCUT2D eigenvalue weighted by atomic mass is 10.0. The molecule has 8 heteroatoms. The van der Waals surface area contributed by atoms with E-state index in [1.54, 1.807) is 42.9 Å². The van der Waals surface area contributed by atoms with Crippen LogP contribution in [0.15, 0.2) is 53.8 Å². The summed E-state index contributed by atoms with van der Waals surface area (Å²) in [5, 5.41) is 14.8. The van der Waals surface area contributed by atoms with E-state index < -0.39 is 5.60 Å².